The second-order valence-electron chi connectivity index (χ2n) is 3.33. The van der Waals surface area contributed by atoms with Gasteiger partial charge in [0.05, 0.1) is 17.1 Å². The lowest BCUT2D eigenvalue weighted by Crippen LogP contribution is -2.21. The number of rotatable bonds is 2. The van der Waals surface area contributed by atoms with Crippen LogP contribution in [0.4, 0.5) is 5.82 Å². The molecule has 1 aromatic rings. The molecule has 1 N–H and O–H groups in total. The molecule has 0 aromatic carbocycles. The Labute approximate surface area is 79.0 Å². The second kappa shape index (κ2) is 3.70. The van der Waals surface area contributed by atoms with Crippen LogP contribution in [0.15, 0.2) is 0 Å². The molecule has 4 nitrogen and oxygen atoms in total. The van der Waals surface area contributed by atoms with E-state index >= 15 is 0 Å². The maximum Gasteiger partial charge on any atom is 0.162 e. The highest BCUT2D eigenvalue weighted by Crippen LogP contribution is 2.11. The SMILES string of the molecule is Cc1nc(C)c(NN(C)C)nc1C. The van der Waals surface area contributed by atoms with Crippen molar-refractivity contribution in [2.24, 2.45) is 0 Å². The van der Waals surface area contributed by atoms with Gasteiger partial charge in [-0.2, -0.15) is 0 Å². The molecule has 0 aliphatic heterocycles. The molecule has 0 unspecified atom stereocenters. The van der Waals surface area contributed by atoms with Crippen LogP contribution in [0.1, 0.15) is 17.1 Å². The van der Waals surface area contributed by atoms with Crippen LogP contribution in [0.5, 0.6) is 0 Å². The van der Waals surface area contributed by atoms with E-state index in [0.717, 1.165) is 22.9 Å². The maximum atomic E-state index is 4.40. The molecule has 0 aliphatic carbocycles. The summed E-state index contributed by atoms with van der Waals surface area (Å²) in [5, 5.41) is 1.85. The summed E-state index contributed by atoms with van der Waals surface area (Å²) in [4.78, 5) is 8.77. The number of nitrogens with one attached hydrogen (secondary N) is 1. The van der Waals surface area contributed by atoms with Crippen LogP contribution in [0.2, 0.25) is 0 Å². The van der Waals surface area contributed by atoms with Gasteiger partial charge in [0.15, 0.2) is 5.82 Å². The number of aromatic nitrogens is 2. The molecule has 0 spiro atoms. The number of aryl methyl sites for hydroxylation is 3. The monoisotopic (exact) mass is 180 g/mol. The fourth-order valence-electron chi connectivity index (χ4n) is 1.03. The van der Waals surface area contributed by atoms with Crippen LogP contribution in [-0.2, 0) is 0 Å². The average molecular weight is 180 g/mol. The predicted octanol–water partition coefficient (Wildman–Crippen LogP) is 1.29. The van der Waals surface area contributed by atoms with Crippen LogP contribution in [-0.4, -0.2) is 29.1 Å². The zero-order chi connectivity index (χ0) is 10.0. The van der Waals surface area contributed by atoms with Crippen LogP contribution < -0.4 is 5.43 Å². The predicted molar refractivity (Wildman–Crippen MR) is 53.6 cm³/mol. The third-order valence-electron chi connectivity index (χ3n) is 1.81. The minimum atomic E-state index is 0.827. The molecule has 1 heterocycles. The first-order chi connectivity index (χ1) is 6.00. The Morgan fingerprint density at radius 1 is 0.923 bits per heavy atom. The summed E-state index contributed by atoms with van der Waals surface area (Å²) in [5.74, 6) is 0.827. The fourth-order valence-corrected chi connectivity index (χ4v) is 1.03. The molecule has 72 valence electrons. The molecule has 0 fully saturated rings. The average Bonchev–Trinajstić information content (AvgIpc) is 1.99. The zero-order valence-corrected chi connectivity index (χ0v) is 8.84. The van der Waals surface area contributed by atoms with E-state index in [2.05, 4.69) is 15.4 Å². The van der Waals surface area contributed by atoms with E-state index in [4.69, 9.17) is 0 Å². The van der Waals surface area contributed by atoms with Gasteiger partial charge in [-0.1, -0.05) is 0 Å². The van der Waals surface area contributed by atoms with Gasteiger partial charge in [0, 0.05) is 14.1 Å². The summed E-state index contributed by atoms with van der Waals surface area (Å²) in [5.41, 5.74) is 5.98. The molecule has 0 amide bonds. The summed E-state index contributed by atoms with van der Waals surface area (Å²) in [6, 6.07) is 0. The first kappa shape index (κ1) is 9.92. The highest BCUT2D eigenvalue weighted by Gasteiger charge is 2.04. The van der Waals surface area contributed by atoms with Crippen molar-refractivity contribution in [3.05, 3.63) is 17.1 Å². The number of hydrogen-bond donors (Lipinski definition) is 1. The Hall–Kier alpha value is -1.16. The van der Waals surface area contributed by atoms with Crippen molar-refractivity contribution in [2.75, 3.05) is 19.5 Å². The lowest BCUT2D eigenvalue weighted by atomic mass is 10.3. The lowest BCUT2D eigenvalue weighted by molar-refractivity contribution is 0.490. The normalized spacial score (nSPS) is 10.6. The molecule has 4 heteroatoms. The van der Waals surface area contributed by atoms with Crippen molar-refractivity contribution < 1.29 is 0 Å². The summed E-state index contributed by atoms with van der Waals surface area (Å²) < 4.78 is 0. The molecule has 1 aromatic heterocycles. The van der Waals surface area contributed by atoms with Gasteiger partial charge in [-0.3, -0.25) is 4.98 Å². The third-order valence-corrected chi connectivity index (χ3v) is 1.81. The lowest BCUT2D eigenvalue weighted by Gasteiger charge is -2.15. The van der Waals surface area contributed by atoms with E-state index in [1.54, 1.807) is 0 Å². The molecule has 0 radical (unpaired) electrons. The van der Waals surface area contributed by atoms with E-state index < -0.39 is 0 Å². The van der Waals surface area contributed by atoms with Gasteiger partial charge in [0.2, 0.25) is 0 Å². The summed E-state index contributed by atoms with van der Waals surface area (Å²) in [6.45, 7) is 5.88. The number of hydrazine groups is 1. The fraction of sp³-hybridized carbons (Fsp3) is 0.556. The van der Waals surface area contributed by atoms with Gasteiger partial charge >= 0.3 is 0 Å². The summed E-state index contributed by atoms with van der Waals surface area (Å²) in [6.07, 6.45) is 0. The Kier molecular flexibility index (Phi) is 2.83. The highest BCUT2D eigenvalue weighted by molar-refractivity contribution is 5.39. The molecule has 13 heavy (non-hydrogen) atoms. The van der Waals surface area contributed by atoms with Crippen LogP contribution in [0.3, 0.4) is 0 Å². The van der Waals surface area contributed by atoms with Crippen LogP contribution >= 0.6 is 0 Å². The van der Waals surface area contributed by atoms with Crippen LogP contribution in [0.25, 0.3) is 0 Å². The topological polar surface area (TPSA) is 41.1 Å². The molecular formula is C9H16N4. The van der Waals surface area contributed by atoms with Crippen molar-refractivity contribution in [3.63, 3.8) is 0 Å². The Morgan fingerprint density at radius 2 is 1.46 bits per heavy atom. The second-order valence-corrected chi connectivity index (χ2v) is 3.33. The summed E-state index contributed by atoms with van der Waals surface area (Å²) in [7, 11) is 3.85. The number of hydrogen-bond acceptors (Lipinski definition) is 4. The van der Waals surface area contributed by atoms with Gasteiger partial charge in [-0.15, -0.1) is 0 Å². The van der Waals surface area contributed by atoms with E-state index in [0.29, 0.717) is 0 Å². The standard InChI is InChI=1S/C9H16N4/c1-6-7(2)11-9(8(3)10-6)12-13(4)5/h1-5H3,(H,11,12). The van der Waals surface area contributed by atoms with Gasteiger partial charge in [-0.25, -0.2) is 9.99 Å². The smallest absolute Gasteiger partial charge is 0.162 e. The van der Waals surface area contributed by atoms with Crippen molar-refractivity contribution in [3.8, 4) is 0 Å². The third kappa shape index (κ3) is 2.39. The number of anilines is 1. The Balaban J connectivity index is 3.01. The van der Waals surface area contributed by atoms with Gasteiger partial charge < -0.3 is 5.43 Å². The van der Waals surface area contributed by atoms with Crippen molar-refractivity contribution in [1.82, 2.24) is 15.0 Å². The molecule has 0 saturated carbocycles. The van der Waals surface area contributed by atoms with Gasteiger partial charge in [0.1, 0.15) is 0 Å². The molecule has 0 bridgehead atoms. The molecule has 1 rings (SSSR count). The quantitative estimate of drug-likeness (QED) is 0.696. The summed E-state index contributed by atoms with van der Waals surface area (Å²) >= 11 is 0. The molecule has 0 atom stereocenters. The highest BCUT2D eigenvalue weighted by atomic mass is 15.5. The van der Waals surface area contributed by atoms with Gasteiger partial charge in [-0.05, 0) is 20.8 Å². The van der Waals surface area contributed by atoms with Crippen molar-refractivity contribution in [1.29, 1.82) is 0 Å². The van der Waals surface area contributed by atoms with Crippen molar-refractivity contribution in [2.45, 2.75) is 20.8 Å². The minimum Gasteiger partial charge on any atom is -0.302 e. The van der Waals surface area contributed by atoms with Gasteiger partial charge in [0.25, 0.3) is 0 Å². The molecule has 0 saturated heterocycles. The van der Waals surface area contributed by atoms with Crippen LogP contribution in [0, 0.1) is 20.8 Å². The minimum absolute atomic E-state index is 0.827. The first-order valence-electron chi connectivity index (χ1n) is 4.26. The van der Waals surface area contributed by atoms with E-state index in [1.807, 2.05) is 39.9 Å². The van der Waals surface area contributed by atoms with E-state index in [9.17, 15) is 0 Å². The van der Waals surface area contributed by atoms with Crippen molar-refractivity contribution >= 4 is 5.82 Å². The molecular weight excluding hydrogens is 164 g/mol. The maximum absolute atomic E-state index is 4.40. The Morgan fingerprint density at radius 3 is 2.00 bits per heavy atom. The zero-order valence-electron chi connectivity index (χ0n) is 8.84. The van der Waals surface area contributed by atoms with E-state index in [-0.39, 0.29) is 0 Å². The molecule has 0 aliphatic rings. The Bertz CT molecular complexity index is 307. The van der Waals surface area contributed by atoms with E-state index in [1.165, 1.54) is 0 Å². The first-order valence-corrected chi connectivity index (χ1v) is 4.26. The largest absolute Gasteiger partial charge is 0.302 e. The number of nitrogens with zero attached hydrogens (tertiary/aromatic N) is 3.